The third-order valence-electron chi connectivity index (χ3n) is 2.85. The molecule has 1 rings (SSSR count). The third-order valence-corrected chi connectivity index (χ3v) is 2.85. The molecule has 0 aliphatic carbocycles. The van der Waals surface area contributed by atoms with Gasteiger partial charge in [0.1, 0.15) is 5.82 Å². The molecule has 1 aromatic carbocycles. The molecule has 0 heterocycles. The first kappa shape index (κ1) is 13.1. The Bertz CT molecular complexity index is 297. The maximum atomic E-state index is 12.7. The highest BCUT2D eigenvalue weighted by atomic mass is 19.1. The molecule has 16 heavy (non-hydrogen) atoms. The molecule has 0 aromatic heterocycles. The van der Waals surface area contributed by atoms with Crippen LogP contribution in [0.1, 0.15) is 25.5 Å². The lowest BCUT2D eigenvalue weighted by atomic mass is 10.1. The zero-order valence-corrected chi connectivity index (χ0v) is 10.3. The topological polar surface area (TPSA) is 15.3 Å². The van der Waals surface area contributed by atoms with Gasteiger partial charge in [0.25, 0.3) is 0 Å². The number of rotatable bonds is 6. The van der Waals surface area contributed by atoms with Gasteiger partial charge in [-0.1, -0.05) is 19.1 Å². The van der Waals surface area contributed by atoms with E-state index in [0.29, 0.717) is 0 Å². The highest BCUT2D eigenvalue weighted by Gasteiger charge is 2.04. The van der Waals surface area contributed by atoms with E-state index < -0.39 is 0 Å². The van der Waals surface area contributed by atoms with Crippen molar-refractivity contribution in [3.63, 3.8) is 0 Å². The Hall–Kier alpha value is -0.930. The number of nitrogens with one attached hydrogen (secondary N) is 1. The summed E-state index contributed by atoms with van der Waals surface area (Å²) < 4.78 is 12.7. The highest BCUT2D eigenvalue weighted by Crippen LogP contribution is 2.12. The predicted octanol–water partition coefficient (Wildman–Crippen LogP) is 2.43. The SMILES string of the molecule is CCN(C)CCNC(C)c1ccc(F)cc1. The molecule has 1 N–H and O–H groups in total. The maximum Gasteiger partial charge on any atom is 0.123 e. The summed E-state index contributed by atoms with van der Waals surface area (Å²) >= 11 is 0. The molecule has 0 spiro atoms. The summed E-state index contributed by atoms with van der Waals surface area (Å²) in [5.74, 6) is -0.179. The van der Waals surface area contributed by atoms with Crippen LogP contribution in [0.5, 0.6) is 0 Å². The van der Waals surface area contributed by atoms with Crippen LogP contribution in [0, 0.1) is 5.82 Å². The first-order valence-corrected chi connectivity index (χ1v) is 5.81. The summed E-state index contributed by atoms with van der Waals surface area (Å²) in [5, 5.41) is 3.42. The first-order valence-electron chi connectivity index (χ1n) is 5.81. The van der Waals surface area contributed by atoms with Gasteiger partial charge in [-0.2, -0.15) is 0 Å². The van der Waals surface area contributed by atoms with E-state index in [1.54, 1.807) is 0 Å². The van der Waals surface area contributed by atoms with E-state index >= 15 is 0 Å². The Morgan fingerprint density at radius 3 is 2.50 bits per heavy atom. The van der Waals surface area contributed by atoms with Crippen molar-refractivity contribution in [3.05, 3.63) is 35.6 Å². The Balaban J connectivity index is 2.35. The molecular weight excluding hydrogens is 203 g/mol. The normalized spacial score (nSPS) is 13.1. The van der Waals surface area contributed by atoms with Gasteiger partial charge in [0.2, 0.25) is 0 Å². The minimum Gasteiger partial charge on any atom is -0.309 e. The molecule has 90 valence electrons. The second-order valence-electron chi connectivity index (χ2n) is 4.12. The van der Waals surface area contributed by atoms with Gasteiger partial charge in [-0.3, -0.25) is 0 Å². The quantitative estimate of drug-likeness (QED) is 0.798. The molecule has 3 heteroatoms. The van der Waals surface area contributed by atoms with Gasteiger partial charge in [-0.05, 0) is 38.2 Å². The highest BCUT2D eigenvalue weighted by molar-refractivity contribution is 5.19. The van der Waals surface area contributed by atoms with Crippen molar-refractivity contribution in [1.29, 1.82) is 0 Å². The summed E-state index contributed by atoms with van der Waals surface area (Å²) in [7, 11) is 2.10. The first-order chi connectivity index (χ1) is 7.63. The molecule has 0 saturated heterocycles. The fourth-order valence-corrected chi connectivity index (χ4v) is 1.50. The molecule has 1 atom stereocenters. The number of halogens is 1. The van der Waals surface area contributed by atoms with Gasteiger partial charge in [-0.25, -0.2) is 4.39 Å². The van der Waals surface area contributed by atoms with Crippen LogP contribution in [0.4, 0.5) is 4.39 Å². The standard InChI is InChI=1S/C13H21FN2/c1-4-16(3)10-9-15-11(2)12-5-7-13(14)8-6-12/h5-8,11,15H,4,9-10H2,1-3H3. The zero-order valence-electron chi connectivity index (χ0n) is 10.3. The Labute approximate surface area is 97.5 Å². The fourth-order valence-electron chi connectivity index (χ4n) is 1.50. The lowest BCUT2D eigenvalue weighted by molar-refractivity contribution is 0.342. The number of likely N-dealkylation sites (N-methyl/N-ethyl adjacent to an activating group) is 1. The van der Waals surface area contributed by atoms with Crippen LogP contribution in [-0.2, 0) is 0 Å². The largest absolute Gasteiger partial charge is 0.309 e. The Morgan fingerprint density at radius 2 is 1.94 bits per heavy atom. The number of benzene rings is 1. The molecule has 0 aliphatic rings. The van der Waals surface area contributed by atoms with Gasteiger partial charge < -0.3 is 10.2 Å². The molecule has 0 radical (unpaired) electrons. The van der Waals surface area contributed by atoms with Crippen LogP contribution < -0.4 is 5.32 Å². The lowest BCUT2D eigenvalue weighted by Crippen LogP contribution is -2.30. The molecule has 1 aromatic rings. The van der Waals surface area contributed by atoms with Crippen molar-refractivity contribution in [3.8, 4) is 0 Å². The monoisotopic (exact) mass is 224 g/mol. The van der Waals surface area contributed by atoms with Gasteiger partial charge in [0.05, 0.1) is 0 Å². The lowest BCUT2D eigenvalue weighted by Gasteiger charge is -2.18. The zero-order chi connectivity index (χ0) is 12.0. The number of hydrogen-bond donors (Lipinski definition) is 1. The van der Waals surface area contributed by atoms with E-state index in [4.69, 9.17) is 0 Å². The smallest absolute Gasteiger partial charge is 0.123 e. The second-order valence-corrected chi connectivity index (χ2v) is 4.12. The molecule has 0 fully saturated rings. The van der Waals surface area contributed by atoms with Crippen LogP contribution in [0.2, 0.25) is 0 Å². The Morgan fingerprint density at radius 1 is 1.31 bits per heavy atom. The van der Waals surface area contributed by atoms with Crippen LogP contribution in [0.25, 0.3) is 0 Å². The average molecular weight is 224 g/mol. The van der Waals surface area contributed by atoms with Gasteiger partial charge in [0.15, 0.2) is 0 Å². The van der Waals surface area contributed by atoms with Gasteiger partial charge in [0, 0.05) is 19.1 Å². The Kier molecular flexibility index (Phi) is 5.43. The minimum atomic E-state index is -0.179. The number of nitrogens with zero attached hydrogens (tertiary/aromatic N) is 1. The average Bonchev–Trinajstić information content (AvgIpc) is 2.29. The fraction of sp³-hybridized carbons (Fsp3) is 0.538. The van der Waals surface area contributed by atoms with Crippen molar-refractivity contribution in [2.75, 3.05) is 26.7 Å². The summed E-state index contributed by atoms with van der Waals surface area (Å²) in [6.45, 7) is 7.28. The summed E-state index contributed by atoms with van der Waals surface area (Å²) in [6.07, 6.45) is 0. The van der Waals surface area contributed by atoms with Crippen molar-refractivity contribution < 1.29 is 4.39 Å². The summed E-state index contributed by atoms with van der Waals surface area (Å²) in [4.78, 5) is 2.25. The van der Waals surface area contributed by atoms with E-state index in [0.717, 1.165) is 25.2 Å². The van der Waals surface area contributed by atoms with Crippen molar-refractivity contribution >= 4 is 0 Å². The van der Waals surface area contributed by atoms with Crippen LogP contribution in [0.3, 0.4) is 0 Å². The molecule has 2 nitrogen and oxygen atoms in total. The van der Waals surface area contributed by atoms with E-state index in [1.165, 1.54) is 12.1 Å². The minimum absolute atomic E-state index is 0.179. The van der Waals surface area contributed by atoms with E-state index in [2.05, 4.69) is 31.1 Å². The van der Waals surface area contributed by atoms with Gasteiger partial charge >= 0.3 is 0 Å². The van der Waals surface area contributed by atoms with E-state index in [9.17, 15) is 4.39 Å². The molecule has 0 aliphatic heterocycles. The molecule has 0 amide bonds. The number of hydrogen-bond acceptors (Lipinski definition) is 2. The van der Waals surface area contributed by atoms with Crippen LogP contribution in [-0.4, -0.2) is 31.6 Å². The van der Waals surface area contributed by atoms with E-state index in [-0.39, 0.29) is 11.9 Å². The van der Waals surface area contributed by atoms with Gasteiger partial charge in [-0.15, -0.1) is 0 Å². The van der Waals surface area contributed by atoms with E-state index in [1.807, 2.05) is 12.1 Å². The third kappa shape index (κ3) is 4.29. The summed E-state index contributed by atoms with van der Waals surface area (Å²) in [5.41, 5.74) is 1.13. The second kappa shape index (κ2) is 6.61. The van der Waals surface area contributed by atoms with Crippen LogP contribution in [0.15, 0.2) is 24.3 Å². The molecule has 0 bridgehead atoms. The van der Waals surface area contributed by atoms with Crippen molar-refractivity contribution in [1.82, 2.24) is 10.2 Å². The van der Waals surface area contributed by atoms with Crippen LogP contribution >= 0.6 is 0 Å². The molecular formula is C13H21FN2. The summed E-state index contributed by atoms with van der Waals surface area (Å²) in [6, 6.07) is 6.94. The molecule has 0 saturated carbocycles. The predicted molar refractivity (Wildman–Crippen MR) is 66.0 cm³/mol. The van der Waals surface area contributed by atoms with Crippen molar-refractivity contribution in [2.24, 2.45) is 0 Å². The molecule has 1 unspecified atom stereocenters. The van der Waals surface area contributed by atoms with Crippen molar-refractivity contribution in [2.45, 2.75) is 19.9 Å². The maximum absolute atomic E-state index is 12.7.